The van der Waals surface area contributed by atoms with Crippen LogP contribution in [-0.4, -0.2) is 57.7 Å². The zero-order valence-electron chi connectivity index (χ0n) is 16.6. The van der Waals surface area contributed by atoms with Crippen molar-refractivity contribution in [1.29, 1.82) is 0 Å². The van der Waals surface area contributed by atoms with E-state index in [-0.39, 0.29) is 42.7 Å². The van der Waals surface area contributed by atoms with Crippen molar-refractivity contribution in [3.8, 4) is 0 Å². The number of rotatable bonds is 6. The molecule has 1 N–H and O–H groups in total. The van der Waals surface area contributed by atoms with E-state index in [9.17, 15) is 14.0 Å². The summed E-state index contributed by atoms with van der Waals surface area (Å²) in [5.41, 5.74) is 1.44. The van der Waals surface area contributed by atoms with E-state index in [1.807, 2.05) is 22.6 Å². The Morgan fingerprint density at radius 2 is 2.23 bits per heavy atom. The van der Waals surface area contributed by atoms with E-state index in [4.69, 9.17) is 9.47 Å². The topological polar surface area (TPSA) is 98.1 Å². The molecule has 1 aliphatic heterocycles. The number of amides is 1. The molecule has 0 radical (unpaired) electrons. The third-order valence-electron chi connectivity index (χ3n) is 4.77. The van der Waals surface area contributed by atoms with E-state index in [2.05, 4.69) is 15.5 Å². The monoisotopic (exact) mass is 539 g/mol. The van der Waals surface area contributed by atoms with Gasteiger partial charge in [-0.15, -0.1) is 10.2 Å². The Kier molecular flexibility index (Phi) is 6.32. The molecule has 0 bridgehead atoms. The van der Waals surface area contributed by atoms with Gasteiger partial charge in [0.05, 0.1) is 18.9 Å². The largest absolute Gasteiger partial charge is 0.462 e. The summed E-state index contributed by atoms with van der Waals surface area (Å²) in [5.74, 6) is -0.924. The number of nitrogens with one attached hydrogen (secondary N) is 1. The first-order valence-electron chi connectivity index (χ1n) is 9.58. The van der Waals surface area contributed by atoms with Gasteiger partial charge in [0.1, 0.15) is 30.1 Å². The number of esters is 1. The Hall–Kier alpha value is -2.80. The average Bonchev–Trinajstić information content (AvgIpc) is 3.23. The molecule has 4 rings (SSSR count). The number of fused-ring (bicyclic) bond motifs is 1. The first-order chi connectivity index (χ1) is 15.0. The van der Waals surface area contributed by atoms with Gasteiger partial charge >= 0.3 is 5.97 Å². The summed E-state index contributed by atoms with van der Waals surface area (Å²) in [4.78, 5) is 26.6. The molecule has 3 heterocycles. The number of carbonyl (C=O) groups excluding carboxylic acids is 2. The molecular formula is C20H19FIN5O4. The normalized spacial score (nSPS) is 14.2. The van der Waals surface area contributed by atoms with Gasteiger partial charge in [-0.3, -0.25) is 9.20 Å². The maximum atomic E-state index is 14.5. The first-order valence-corrected chi connectivity index (χ1v) is 10.7. The molecule has 3 aromatic rings. The molecule has 0 spiro atoms. The van der Waals surface area contributed by atoms with Crippen LogP contribution >= 0.6 is 22.6 Å². The molecule has 1 aromatic carbocycles. The Morgan fingerprint density at radius 1 is 1.39 bits per heavy atom. The maximum Gasteiger partial charge on any atom is 0.341 e. The van der Waals surface area contributed by atoms with Crippen molar-refractivity contribution in [3.05, 3.63) is 51.1 Å². The number of aromatic nitrogens is 3. The van der Waals surface area contributed by atoms with Crippen LogP contribution in [0.15, 0.2) is 30.6 Å². The number of morpholine rings is 1. The van der Waals surface area contributed by atoms with Gasteiger partial charge in [-0.25, -0.2) is 9.18 Å². The number of anilines is 2. The van der Waals surface area contributed by atoms with E-state index in [1.165, 1.54) is 12.4 Å². The minimum Gasteiger partial charge on any atom is -0.462 e. The lowest BCUT2D eigenvalue weighted by molar-refractivity contribution is -0.143. The van der Waals surface area contributed by atoms with E-state index < -0.39 is 11.8 Å². The molecular weight excluding hydrogens is 520 g/mol. The third-order valence-corrected chi connectivity index (χ3v) is 5.45. The Labute approximate surface area is 190 Å². The van der Waals surface area contributed by atoms with Crippen LogP contribution in [0.4, 0.5) is 15.9 Å². The van der Waals surface area contributed by atoms with Gasteiger partial charge in [-0.05, 0) is 53.8 Å². The van der Waals surface area contributed by atoms with Crippen LogP contribution in [0, 0.1) is 9.39 Å². The highest BCUT2D eigenvalue weighted by Gasteiger charge is 2.25. The summed E-state index contributed by atoms with van der Waals surface area (Å²) in [6, 6.07) is 6.33. The average molecular weight is 539 g/mol. The number of pyridine rings is 1. The molecule has 1 aliphatic rings. The molecule has 2 aromatic heterocycles. The van der Waals surface area contributed by atoms with Crippen LogP contribution in [0.25, 0.3) is 5.65 Å². The number of hydrogen-bond acceptors (Lipinski definition) is 7. The van der Waals surface area contributed by atoms with Gasteiger partial charge < -0.3 is 19.7 Å². The van der Waals surface area contributed by atoms with Crippen molar-refractivity contribution in [2.24, 2.45) is 0 Å². The number of carbonyl (C=O) groups is 2. The molecule has 0 aliphatic carbocycles. The number of hydrogen-bond donors (Lipinski definition) is 1. The van der Waals surface area contributed by atoms with Gasteiger partial charge in [-0.2, -0.15) is 0 Å². The van der Waals surface area contributed by atoms with Crippen LogP contribution in [0.5, 0.6) is 0 Å². The molecule has 1 fully saturated rings. The second-order valence-corrected chi connectivity index (χ2v) is 8.04. The fourth-order valence-corrected chi connectivity index (χ4v) is 3.76. The van der Waals surface area contributed by atoms with E-state index in [0.29, 0.717) is 24.4 Å². The van der Waals surface area contributed by atoms with Gasteiger partial charge in [0, 0.05) is 22.2 Å². The zero-order chi connectivity index (χ0) is 22.0. The lowest BCUT2D eigenvalue weighted by atomic mass is 10.1. The van der Waals surface area contributed by atoms with Crippen molar-refractivity contribution in [2.45, 2.75) is 13.5 Å². The quantitative estimate of drug-likeness (QED) is 0.380. The fraction of sp³-hybridized carbons (Fsp3) is 0.300. The van der Waals surface area contributed by atoms with E-state index in [0.717, 1.165) is 3.57 Å². The van der Waals surface area contributed by atoms with Crippen molar-refractivity contribution in [1.82, 2.24) is 19.5 Å². The lowest BCUT2D eigenvalue weighted by Crippen LogP contribution is -2.41. The highest BCUT2D eigenvalue weighted by Crippen LogP contribution is 2.28. The van der Waals surface area contributed by atoms with Gasteiger partial charge in [0.15, 0.2) is 5.65 Å². The molecule has 0 atom stereocenters. The van der Waals surface area contributed by atoms with Crippen molar-refractivity contribution in [3.63, 3.8) is 0 Å². The Balaban J connectivity index is 1.81. The van der Waals surface area contributed by atoms with Gasteiger partial charge in [0.2, 0.25) is 5.91 Å². The minimum atomic E-state index is -0.582. The molecule has 1 amide bonds. The predicted octanol–water partition coefficient (Wildman–Crippen LogP) is 2.75. The number of ether oxygens (including phenoxy) is 2. The molecule has 0 unspecified atom stereocenters. The predicted molar refractivity (Wildman–Crippen MR) is 118 cm³/mol. The minimum absolute atomic E-state index is 0.0133. The van der Waals surface area contributed by atoms with Crippen molar-refractivity contribution in [2.75, 3.05) is 31.7 Å². The number of halogens is 2. The van der Waals surface area contributed by atoms with Gasteiger partial charge in [-0.1, -0.05) is 0 Å². The van der Waals surface area contributed by atoms with Gasteiger partial charge in [0.25, 0.3) is 0 Å². The maximum absolute atomic E-state index is 14.5. The molecule has 31 heavy (non-hydrogen) atoms. The second-order valence-electron chi connectivity index (χ2n) is 6.79. The number of benzene rings is 1. The molecule has 9 nitrogen and oxygen atoms in total. The second kappa shape index (κ2) is 9.14. The van der Waals surface area contributed by atoms with Crippen molar-refractivity contribution < 1.29 is 23.5 Å². The smallest absolute Gasteiger partial charge is 0.341 e. The van der Waals surface area contributed by atoms with Crippen LogP contribution < -0.4 is 5.32 Å². The summed E-state index contributed by atoms with van der Waals surface area (Å²) in [5, 5.41) is 11.1. The first kappa shape index (κ1) is 21.4. The fourth-order valence-electron chi connectivity index (χ4n) is 3.30. The Bertz CT molecular complexity index is 1150. The molecule has 162 valence electrons. The van der Waals surface area contributed by atoms with Crippen LogP contribution in [-0.2, 0) is 20.8 Å². The zero-order valence-corrected chi connectivity index (χ0v) is 18.8. The SMILES string of the molecule is CCOC(=O)c1cc(CN2CCOCC2=O)c2nncn2c1Nc1ccc(I)cc1F. The summed E-state index contributed by atoms with van der Waals surface area (Å²) >= 11 is 2.02. The highest BCUT2D eigenvalue weighted by atomic mass is 127. The van der Waals surface area contributed by atoms with Crippen LogP contribution in [0.2, 0.25) is 0 Å². The highest BCUT2D eigenvalue weighted by molar-refractivity contribution is 14.1. The van der Waals surface area contributed by atoms with Crippen LogP contribution in [0.1, 0.15) is 22.8 Å². The molecule has 1 saturated heterocycles. The van der Waals surface area contributed by atoms with E-state index >= 15 is 0 Å². The summed E-state index contributed by atoms with van der Waals surface area (Å²) < 4.78 is 27.2. The summed E-state index contributed by atoms with van der Waals surface area (Å²) in [7, 11) is 0. The molecule has 0 saturated carbocycles. The Morgan fingerprint density at radius 3 is 2.97 bits per heavy atom. The number of nitrogens with zero attached hydrogens (tertiary/aromatic N) is 4. The standard InChI is InChI=1S/C20H19FIN5O4/c1-2-31-20(29)14-7-12(9-26-5-6-30-10-17(26)28)18-25-23-11-27(18)19(14)24-16-4-3-13(22)8-15(16)21/h3-4,7-8,11,24H,2,5-6,9-10H2,1H3. The van der Waals surface area contributed by atoms with E-state index in [1.54, 1.807) is 34.4 Å². The third kappa shape index (κ3) is 4.46. The summed E-state index contributed by atoms with van der Waals surface area (Å²) in [6.45, 7) is 2.99. The van der Waals surface area contributed by atoms with Crippen molar-refractivity contribution >= 4 is 51.6 Å². The molecule has 11 heteroatoms. The lowest BCUT2D eigenvalue weighted by Gasteiger charge is -2.27. The summed E-state index contributed by atoms with van der Waals surface area (Å²) in [6.07, 6.45) is 1.43. The van der Waals surface area contributed by atoms with Crippen LogP contribution in [0.3, 0.4) is 0 Å².